The fourth-order valence-corrected chi connectivity index (χ4v) is 3.48. The van der Waals surface area contributed by atoms with Gasteiger partial charge in [-0.2, -0.15) is 0 Å². The van der Waals surface area contributed by atoms with Crippen molar-refractivity contribution in [2.24, 2.45) is 0 Å². The first-order chi connectivity index (χ1) is 10.4. The van der Waals surface area contributed by atoms with Gasteiger partial charge in [0.25, 0.3) is 0 Å². The SMILES string of the molecule is CCNC(=O)[C@H](C)NS(=O)(=O)C[C@H]1COc2ccccc2O1. The largest absolute Gasteiger partial charge is 0.486 e. The molecule has 0 aromatic heterocycles. The Kier molecular flexibility index (Phi) is 5.25. The number of hydrogen-bond acceptors (Lipinski definition) is 5. The summed E-state index contributed by atoms with van der Waals surface area (Å²) in [5.74, 6) is 0.480. The van der Waals surface area contributed by atoms with Gasteiger partial charge in [0.1, 0.15) is 18.5 Å². The summed E-state index contributed by atoms with van der Waals surface area (Å²) in [5.41, 5.74) is 0. The lowest BCUT2D eigenvalue weighted by Gasteiger charge is -2.26. The van der Waals surface area contributed by atoms with E-state index in [0.717, 1.165) is 0 Å². The number of sulfonamides is 1. The first-order valence-electron chi connectivity index (χ1n) is 7.07. The van der Waals surface area contributed by atoms with E-state index in [1.54, 1.807) is 25.1 Å². The van der Waals surface area contributed by atoms with E-state index in [0.29, 0.717) is 18.0 Å². The summed E-state index contributed by atoms with van der Waals surface area (Å²) in [5, 5.41) is 2.56. The summed E-state index contributed by atoms with van der Waals surface area (Å²) in [6.45, 7) is 3.86. The Hall–Kier alpha value is -1.80. The average molecular weight is 328 g/mol. The second-order valence-electron chi connectivity index (χ2n) is 5.01. The van der Waals surface area contributed by atoms with Gasteiger partial charge in [-0.25, -0.2) is 13.1 Å². The minimum atomic E-state index is -3.66. The van der Waals surface area contributed by atoms with Crippen LogP contribution >= 0.6 is 0 Å². The van der Waals surface area contributed by atoms with Gasteiger partial charge >= 0.3 is 0 Å². The number of amides is 1. The number of fused-ring (bicyclic) bond motifs is 1. The van der Waals surface area contributed by atoms with Gasteiger partial charge in [-0.15, -0.1) is 0 Å². The van der Waals surface area contributed by atoms with Gasteiger partial charge in [0, 0.05) is 6.54 Å². The molecule has 1 aromatic rings. The minimum absolute atomic E-state index is 0.146. The van der Waals surface area contributed by atoms with E-state index in [2.05, 4.69) is 10.0 Å². The molecular weight excluding hydrogens is 308 g/mol. The maximum absolute atomic E-state index is 12.1. The highest BCUT2D eigenvalue weighted by molar-refractivity contribution is 7.89. The molecule has 2 N–H and O–H groups in total. The Morgan fingerprint density at radius 1 is 1.36 bits per heavy atom. The van der Waals surface area contributed by atoms with Crippen molar-refractivity contribution in [1.82, 2.24) is 10.0 Å². The molecule has 0 saturated carbocycles. The lowest BCUT2D eigenvalue weighted by molar-refractivity contribution is -0.122. The van der Waals surface area contributed by atoms with Gasteiger partial charge in [-0.3, -0.25) is 4.79 Å². The van der Waals surface area contributed by atoms with E-state index in [1.807, 2.05) is 6.07 Å². The van der Waals surface area contributed by atoms with Crippen molar-refractivity contribution >= 4 is 15.9 Å². The van der Waals surface area contributed by atoms with Gasteiger partial charge in [0.05, 0.1) is 6.04 Å². The topological polar surface area (TPSA) is 93.7 Å². The number of carbonyl (C=O) groups excluding carboxylic acids is 1. The molecule has 0 spiro atoms. The van der Waals surface area contributed by atoms with Crippen molar-refractivity contribution in [3.8, 4) is 11.5 Å². The minimum Gasteiger partial charge on any atom is -0.486 e. The highest BCUT2D eigenvalue weighted by atomic mass is 32.2. The normalized spacial score (nSPS) is 18.5. The van der Waals surface area contributed by atoms with Crippen LogP contribution in [0.5, 0.6) is 11.5 Å². The highest BCUT2D eigenvalue weighted by Gasteiger charge is 2.28. The van der Waals surface area contributed by atoms with Crippen LogP contribution in [0.1, 0.15) is 13.8 Å². The summed E-state index contributed by atoms with van der Waals surface area (Å²) in [7, 11) is -3.66. The van der Waals surface area contributed by atoms with E-state index < -0.39 is 22.2 Å². The van der Waals surface area contributed by atoms with Gasteiger partial charge < -0.3 is 14.8 Å². The molecule has 0 aliphatic carbocycles. The third-order valence-electron chi connectivity index (χ3n) is 3.07. The number of para-hydroxylation sites is 2. The number of rotatable bonds is 6. The van der Waals surface area contributed by atoms with Crippen molar-refractivity contribution in [2.45, 2.75) is 26.0 Å². The van der Waals surface area contributed by atoms with Crippen LogP contribution < -0.4 is 19.5 Å². The first-order valence-corrected chi connectivity index (χ1v) is 8.72. The Morgan fingerprint density at radius 2 is 2.05 bits per heavy atom. The predicted octanol–water partition coefficient (Wildman–Crippen LogP) is 0.270. The lowest BCUT2D eigenvalue weighted by Crippen LogP contribution is -2.48. The number of hydrogen-bond donors (Lipinski definition) is 2. The van der Waals surface area contributed by atoms with Gasteiger partial charge in [-0.1, -0.05) is 12.1 Å². The van der Waals surface area contributed by atoms with Crippen LogP contribution in [0.25, 0.3) is 0 Å². The Bertz CT molecular complexity index is 632. The summed E-state index contributed by atoms with van der Waals surface area (Å²) in [6.07, 6.45) is -0.617. The zero-order valence-electron chi connectivity index (χ0n) is 12.5. The molecule has 2 rings (SSSR count). The van der Waals surface area contributed by atoms with E-state index in [1.165, 1.54) is 6.92 Å². The van der Waals surface area contributed by atoms with Crippen molar-refractivity contribution in [3.05, 3.63) is 24.3 Å². The van der Waals surface area contributed by atoms with Crippen LogP contribution in [0, 0.1) is 0 Å². The second-order valence-corrected chi connectivity index (χ2v) is 6.81. The molecular formula is C14H20N2O5S. The molecule has 0 unspecified atom stereocenters. The lowest BCUT2D eigenvalue weighted by atomic mass is 10.3. The zero-order valence-corrected chi connectivity index (χ0v) is 13.4. The molecule has 122 valence electrons. The molecule has 8 heteroatoms. The quantitative estimate of drug-likeness (QED) is 0.782. The number of carbonyl (C=O) groups is 1. The molecule has 0 saturated heterocycles. The van der Waals surface area contributed by atoms with Crippen molar-refractivity contribution in [1.29, 1.82) is 0 Å². The van der Waals surface area contributed by atoms with E-state index >= 15 is 0 Å². The molecule has 1 aliphatic rings. The van der Waals surface area contributed by atoms with E-state index in [4.69, 9.17) is 9.47 Å². The third-order valence-corrected chi connectivity index (χ3v) is 4.60. The van der Waals surface area contributed by atoms with Crippen molar-refractivity contribution in [3.63, 3.8) is 0 Å². The molecule has 22 heavy (non-hydrogen) atoms. The first kappa shape index (κ1) is 16.6. The fourth-order valence-electron chi connectivity index (χ4n) is 2.09. The smallest absolute Gasteiger partial charge is 0.237 e. The molecule has 7 nitrogen and oxygen atoms in total. The number of benzene rings is 1. The summed E-state index contributed by atoms with van der Waals surface area (Å²) in [6, 6.07) is 6.25. The third kappa shape index (κ3) is 4.35. The van der Waals surface area contributed by atoms with Crippen LogP contribution in [0.4, 0.5) is 0 Å². The Morgan fingerprint density at radius 3 is 2.73 bits per heavy atom. The van der Waals surface area contributed by atoms with Crippen molar-refractivity contribution < 1.29 is 22.7 Å². The number of ether oxygens (including phenoxy) is 2. The van der Waals surface area contributed by atoms with Crippen LogP contribution in [-0.4, -0.2) is 45.4 Å². The van der Waals surface area contributed by atoms with Gasteiger partial charge in [0.2, 0.25) is 15.9 Å². The number of nitrogens with one attached hydrogen (secondary N) is 2. The molecule has 0 radical (unpaired) electrons. The van der Waals surface area contributed by atoms with Crippen molar-refractivity contribution in [2.75, 3.05) is 18.9 Å². The van der Waals surface area contributed by atoms with E-state index in [-0.39, 0.29) is 18.3 Å². The maximum atomic E-state index is 12.1. The van der Waals surface area contributed by atoms with E-state index in [9.17, 15) is 13.2 Å². The maximum Gasteiger partial charge on any atom is 0.237 e. The monoisotopic (exact) mass is 328 g/mol. The van der Waals surface area contributed by atoms with Gasteiger partial charge in [-0.05, 0) is 26.0 Å². The second kappa shape index (κ2) is 6.97. The Balaban J connectivity index is 1.94. The van der Waals surface area contributed by atoms with Gasteiger partial charge in [0.15, 0.2) is 11.5 Å². The summed E-state index contributed by atoms with van der Waals surface area (Å²) in [4.78, 5) is 11.6. The predicted molar refractivity (Wildman–Crippen MR) is 81.4 cm³/mol. The summed E-state index contributed by atoms with van der Waals surface area (Å²) < 4.78 is 37.6. The van der Waals surface area contributed by atoms with Crippen LogP contribution in [0.3, 0.4) is 0 Å². The fraction of sp³-hybridized carbons (Fsp3) is 0.500. The standard InChI is InChI=1S/C14H20N2O5S/c1-3-15-14(17)10(2)16-22(18,19)9-11-8-20-12-6-4-5-7-13(12)21-11/h4-7,10-11,16H,3,8-9H2,1-2H3,(H,15,17)/t10-,11+/m0/s1. The van der Waals surface area contributed by atoms with Crippen LogP contribution in [0.15, 0.2) is 24.3 Å². The molecule has 0 bridgehead atoms. The van der Waals surface area contributed by atoms with Crippen LogP contribution in [0.2, 0.25) is 0 Å². The highest BCUT2D eigenvalue weighted by Crippen LogP contribution is 2.31. The average Bonchev–Trinajstić information content (AvgIpc) is 2.46. The molecule has 1 aromatic carbocycles. The molecule has 2 atom stereocenters. The van der Waals surface area contributed by atoms with Crippen LogP contribution in [-0.2, 0) is 14.8 Å². The number of likely N-dealkylation sites (N-methyl/N-ethyl adjacent to an activating group) is 1. The summed E-state index contributed by atoms with van der Waals surface area (Å²) >= 11 is 0. The molecule has 0 fully saturated rings. The molecule has 1 heterocycles. The molecule has 1 amide bonds. The molecule has 1 aliphatic heterocycles. The zero-order chi connectivity index (χ0) is 16.2. The Labute approximate surface area is 130 Å².